The molecule has 1 N–H and O–H groups in total. The van der Waals surface area contributed by atoms with Gasteiger partial charge < -0.3 is 5.32 Å². The van der Waals surface area contributed by atoms with Crippen LogP contribution in [-0.4, -0.2) is 11.7 Å². The van der Waals surface area contributed by atoms with Crippen molar-refractivity contribution >= 4 is 34.0 Å². The lowest BCUT2D eigenvalue weighted by Crippen LogP contribution is -2.12. The number of nitriles is 1. The molecule has 0 radical (unpaired) electrons. The number of anilines is 1. The maximum Gasteiger partial charge on any atom is 0.225 e. The molecule has 5 heteroatoms. The van der Waals surface area contributed by atoms with E-state index >= 15 is 0 Å². The van der Waals surface area contributed by atoms with Crippen molar-refractivity contribution in [2.24, 2.45) is 0 Å². The average molecular weight is 330 g/mol. The zero-order valence-electron chi connectivity index (χ0n) is 12.9. The van der Waals surface area contributed by atoms with E-state index in [0.717, 1.165) is 16.2 Å². The molecule has 0 fully saturated rings. The molecule has 1 aromatic heterocycles. The van der Waals surface area contributed by atoms with Gasteiger partial charge in [-0.3, -0.25) is 4.79 Å². The number of rotatable bonds is 5. The van der Waals surface area contributed by atoms with Gasteiger partial charge in [0.2, 0.25) is 5.91 Å². The minimum absolute atomic E-state index is 0.0441. The molecule has 0 aliphatic heterocycles. The fourth-order valence-corrected chi connectivity index (χ4v) is 3.81. The molecule has 0 unspecified atom stereocenters. The lowest BCUT2D eigenvalue weighted by molar-refractivity contribution is -0.115. The van der Waals surface area contributed by atoms with Gasteiger partial charge in [0.15, 0.2) is 0 Å². The number of carbonyl (C=O) groups is 1. The topological polar surface area (TPSA) is 52.9 Å². The zero-order valence-corrected chi connectivity index (χ0v) is 14.5. The molecule has 22 heavy (non-hydrogen) atoms. The highest BCUT2D eigenvalue weighted by Gasteiger charge is 2.14. The van der Waals surface area contributed by atoms with Gasteiger partial charge in [0.1, 0.15) is 11.1 Å². The van der Waals surface area contributed by atoms with Crippen molar-refractivity contribution in [2.45, 2.75) is 32.1 Å². The number of amides is 1. The molecule has 1 aromatic carbocycles. The summed E-state index contributed by atoms with van der Waals surface area (Å²) < 4.78 is 0. The van der Waals surface area contributed by atoms with Gasteiger partial charge in [0, 0.05) is 21.9 Å². The van der Waals surface area contributed by atoms with E-state index in [1.54, 1.807) is 11.8 Å². The Bertz CT molecular complexity index is 711. The van der Waals surface area contributed by atoms with Crippen molar-refractivity contribution in [3.8, 4) is 6.07 Å². The van der Waals surface area contributed by atoms with E-state index in [1.807, 2.05) is 13.8 Å². The summed E-state index contributed by atoms with van der Waals surface area (Å²) in [5, 5.41) is 12.7. The Morgan fingerprint density at radius 1 is 1.27 bits per heavy atom. The Balaban J connectivity index is 1.87. The van der Waals surface area contributed by atoms with Crippen molar-refractivity contribution in [1.29, 1.82) is 5.26 Å². The van der Waals surface area contributed by atoms with Gasteiger partial charge in [-0.1, -0.05) is 17.7 Å². The second-order valence-corrected chi connectivity index (χ2v) is 7.45. The predicted octanol–water partition coefficient (Wildman–Crippen LogP) is 4.67. The number of thioether (sulfide) groups is 1. The first-order chi connectivity index (χ1) is 10.5. The number of benzene rings is 1. The largest absolute Gasteiger partial charge is 0.317 e. The first kappa shape index (κ1) is 16.6. The van der Waals surface area contributed by atoms with Gasteiger partial charge in [-0.2, -0.15) is 5.26 Å². The number of nitrogens with zero attached hydrogens (tertiary/aromatic N) is 1. The van der Waals surface area contributed by atoms with Gasteiger partial charge in [0.25, 0.3) is 0 Å². The standard InChI is InChI=1S/C17H18N2OS2/c1-11-4-6-14(7-5-11)21-9-8-16(20)19-17-15(10-18)12(2)13(3)22-17/h4-7H,8-9H2,1-3H3,(H,19,20). The van der Waals surface area contributed by atoms with Gasteiger partial charge in [-0.05, 0) is 38.5 Å². The molecule has 1 heterocycles. The van der Waals surface area contributed by atoms with Gasteiger partial charge in [0.05, 0.1) is 5.56 Å². The van der Waals surface area contributed by atoms with Crippen LogP contribution in [0, 0.1) is 32.1 Å². The summed E-state index contributed by atoms with van der Waals surface area (Å²) in [6.45, 7) is 5.93. The van der Waals surface area contributed by atoms with Crippen LogP contribution in [0.1, 0.15) is 28.0 Å². The molecule has 114 valence electrons. The third-order valence-corrected chi connectivity index (χ3v) is 5.51. The lowest BCUT2D eigenvalue weighted by Gasteiger charge is -2.04. The Hall–Kier alpha value is -1.77. The Morgan fingerprint density at radius 3 is 2.59 bits per heavy atom. The molecule has 0 saturated heterocycles. The van der Waals surface area contributed by atoms with Crippen molar-refractivity contribution < 1.29 is 4.79 Å². The highest BCUT2D eigenvalue weighted by atomic mass is 32.2. The minimum atomic E-state index is -0.0441. The van der Waals surface area contributed by atoms with Crippen LogP contribution in [0.15, 0.2) is 29.2 Å². The molecule has 0 aliphatic carbocycles. The molecule has 2 aromatic rings. The first-order valence-corrected chi connectivity index (χ1v) is 8.81. The van der Waals surface area contributed by atoms with Crippen molar-refractivity contribution in [2.75, 3.05) is 11.1 Å². The van der Waals surface area contributed by atoms with Crippen LogP contribution in [0.5, 0.6) is 0 Å². The SMILES string of the molecule is Cc1ccc(SCCC(=O)Nc2sc(C)c(C)c2C#N)cc1. The summed E-state index contributed by atoms with van der Waals surface area (Å²) >= 11 is 3.13. The average Bonchev–Trinajstić information content (AvgIpc) is 2.75. The van der Waals surface area contributed by atoms with Crippen LogP contribution in [0.25, 0.3) is 0 Å². The van der Waals surface area contributed by atoms with Crippen molar-refractivity contribution in [3.63, 3.8) is 0 Å². The summed E-state index contributed by atoms with van der Waals surface area (Å²) in [6, 6.07) is 10.4. The predicted molar refractivity (Wildman–Crippen MR) is 93.7 cm³/mol. The van der Waals surface area contributed by atoms with E-state index in [9.17, 15) is 10.1 Å². The molecular formula is C17H18N2OS2. The molecule has 0 saturated carbocycles. The number of carbonyl (C=O) groups excluding carboxylic acids is 1. The maximum atomic E-state index is 12.0. The minimum Gasteiger partial charge on any atom is -0.317 e. The van der Waals surface area contributed by atoms with Crippen LogP contribution in [-0.2, 0) is 4.79 Å². The van der Waals surface area contributed by atoms with Gasteiger partial charge in [-0.25, -0.2) is 0 Å². The van der Waals surface area contributed by atoms with Crippen molar-refractivity contribution in [1.82, 2.24) is 0 Å². The molecule has 2 rings (SSSR count). The van der Waals surface area contributed by atoms with E-state index in [2.05, 4.69) is 42.6 Å². The third kappa shape index (κ3) is 4.12. The smallest absolute Gasteiger partial charge is 0.225 e. The first-order valence-electron chi connectivity index (χ1n) is 7.00. The molecule has 0 spiro atoms. The van der Waals surface area contributed by atoms with E-state index in [4.69, 9.17) is 0 Å². The van der Waals surface area contributed by atoms with E-state index < -0.39 is 0 Å². The van der Waals surface area contributed by atoms with E-state index in [-0.39, 0.29) is 5.91 Å². The monoisotopic (exact) mass is 330 g/mol. The number of hydrogen-bond donors (Lipinski definition) is 1. The molecule has 0 bridgehead atoms. The highest BCUT2D eigenvalue weighted by Crippen LogP contribution is 2.31. The molecule has 0 atom stereocenters. The van der Waals surface area contributed by atoms with Crippen molar-refractivity contribution in [3.05, 3.63) is 45.8 Å². The van der Waals surface area contributed by atoms with Crippen LogP contribution >= 0.6 is 23.1 Å². The fraction of sp³-hybridized carbons (Fsp3) is 0.294. The zero-order chi connectivity index (χ0) is 16.1. The molecule has 1 amide bonds. The van der Waals surface area contributed by atoms with E-state index in [1.165, 1.54) is 21.8 Å². The Kier molecular flexibility index (Phi) is 5.64. The number of thiophene rings is 1. The van der Waals surface area contributed by atoms with Gasteiger partial charge >= 0.3 is 0 Å². The summed E-state index contributed by atoms with van der Waals surface area (Å²) in [4.78, 5) is 14.3. The van der Waals surface area contributed by atoms with Gasteiger partial charge in [-0.15, -0.1) is 23.1 Å². The highest BCUT2D eigenvalue weighted by molar-refractivity contribution is 7.99. The van der Waals surface area contributed by atoms with Crippen LogP contribution in [0.4, 0.5) is 5.00 Å². The Labute approximate surface area is 139 Å². The normalized spacial score (nSPS) is 10.3. The number of nitrogens with one attached hydrogen (secondary N) is 1. The second kappa shape index (κ2) is 7.48. The quantitative estimate of drug-likeness (QED) is 0.811. The molecule has 3 nitrogen and oxygen atoms in total. The summed E-state index contributed by atoms with van der Waals surface area (Å²) in [5.74, 6) is 0.678. The lowest BCUT2D eigenvalue weighted by atomic mass is 10.2. The summed E-state index contributed by atoms with van der Waals surface area (Å²) in [7, 11) is 0. The second-order valence-electron chi connectivity index (χ2n) is 5.06. The fourth-order valence-electron chi connectivity index (χ4n) is 1.93. The van der Waals surface area contributed by atoms with Crippen LogP contribution in [0.2, 0.25) is 0 Å². The summed E-state index contributed by atoms with van der Waals surface area (Å²) in [6.07, 6.45) is 0.430. The van der Waals surface area contributed by atoms with E-state index in [0.29, 0.717) is 17.0 Å². The molecule has 0 aliphatic rings. The number of aryl methyl sites for hydroxylation is 2. The summed E-state index contributed by atoms with van der Waals surface area (Å²) in [5.41, 5.74) is 2.77. The Morgan fingerprint density at radius 2 is 1.95 bits per heavy atom. The third-order valence-electron chi connectivity index (χ3n) is 3.37. The van der Waals surface area contributed by atoms with Crippen LogP contribution in [0.3, 0.4) is 0 Å². The van der Waals surface area contributed by atoms with Crippen LogP contribution < -0.4 is 5.32 Å². The molecular weight excluding hydrogens is 312 g/mol. The maximum absolute atomic E-state index is 12.0. The number of hydrogen-bond acceptors (Lipinski definition) is 4.